The van der Waals surface area contributed by atoms with E-state index in [-0.39, 0.29) is 30.5 Å². The summed E-state index contributed by atoms with van der Waals surface area (Å²) in [6, 6.07) is 5.46. The lowest BCUT2D eigenvalue weighted by Crippen LogP contribution is -2.35. The number of thiazole rings is 2. The fourth-order valence-corrected chi connectivity index (χ4v) is 9.44. The number of hydrogen-bond donors (Lipinski definition) is 2. The van der Waals surface area contributed by atoms with Crippen molar-refractivity contribution in [3.63, 3.8) is 0 Å². The number of benzene rings is 1. The van der Waals surface area contributed by atoms with Gasteiger partial charge in [0.1, 0.15) is 36.2 Å². The van der Waals surface area contributed by atoms with Crippen molar-refractivity contribution in [2.45, 2.75) is 31.8 Å². The molecule has 2 aliphatic heterocycles. The van der Waals surface area contributed by atoms with Gasteiger partial charge in [-0.15, -0.1) is 22.7 Å². The Labute approximate surface area is 270 Å². The maximum Gasteiger partial charge on any atom is 0.323 e. The Bertz CT molecular complexity index is 2190. The molecule has 1 aromatic carbocycles. The molecule has 3 aromatic rings. The molecule has 0 bridgehead atoms. The quantitative estimate of drug-likeness (QED) is 0.279. The molecule has 0 aliphatic carbocycles. The molecule has 1 amide bonds. The minimum absolute atomic E-state index is 0.0197. The van der Waals surface area contributed by atoms with Gasteiger partial charge in [0.25, 0.3) is 17.0 Å². The minimum atomic E-state index is -1.32. The van der Waals surface area contributed by atoms with E-state index in [0.717, 1.165) is 59.5 Å². The zero-order valence-corrected chi connectivity index (χ0v) is 27.0. The molecule has 2 aliphatic rings. The molecule has 0 atom stereocenters. The maximum absolute atomic E-state index is 13.6. The average Bonchev–Trinajstić information content (AvgIpc) is 3.68. The highest BCUT2D eigenvalue weighted by atomic mass is 32.2. The van der Waals surface area contributed by atoms with E-state index in [9.17, 15) is 34.2 Å². The van der Waals surface area contributed by atoms with E-state index < -0.39 is 36.5 Å². The van der Waals surface area contributed by atoms with Gasteiger partial charge in [-0.25, -0.2) is 4.85 Å². The highest BCUT2D eigenvalue weighted by Gasteiger charge is 2.35. The maximum atomic E-state index is 13.6. The van der Waals surface area contributed by atoms with Crippen LogP contribution in [0.3, 0.4) is 0 Å². The summed E-state index contributed by atoms with van der Waals surface area (Å²) >= 11 is 9.41. The van der Waals surface area contributed by atoms with Crippen molar-refractivity contribution < 1.29 is 24.6 Å². The van der Waals surface area contributed by atoms with Crippen molar-refractivity contribution in [1.82, 2.24) is 14.0 Å². The molecule has 12 nitrogen and oxygen atoms in total. The van der Waals surface area contributed by atoms with E-state index in [2.05, 4.69) is 4.85 Å². The van der Waals surface area contributed by atoms with Crippen LogP contribution < -0.4 is 25.2 Å². The number of thiocarbonyl (C=S) groups is 1. The molecule has 0 unspecified atom stereocenters. The number of allylic oxidation sites excluding steroid dienone is 1. The second kappa shape index (κ2) is 12.6. The van der Waals surface area contributed by atoms with Crippen molar-refractivity contribution >= 4 is 103 Å². The first-order chi connectivity index (χ1) is 21.0. The molecule has 226 valence electrons. The third kappa shape index (κ3) is 5.66. The number of rotatable bonds is 7. The zero-order chi connectivity index (χ0) is 31.9. The third-order valence-corrected chi connectivity index (χ3v) is 11.6. The Morgan fingerprint density at radius 1 is 0.932 bits per heavy atom. The van der Waals surface area contributed by atoms with Crippen LogP contribution in [0.15, 0.2) is 43.8 Å². The molecule has 1 fully saturated rings. The van der Waals surface area contributed by atoms with E-state index in [1.165, 1.54) is 16.3 Å². The Hall–Kier alpha value is -3.95. The normalized spacial score (nSPS) is 17.9. The molecule has 4 heterocycles. The molecule has 2 aromatic heterocycles. The number of anilines is 1. The van der Waals surface area contributed by atoms with Gasteiger partial charge in [-0.05, 0) is 32.1 Å². The number of fused-ring (bicyclic) bond motifs is 1. The number of aromatic nitrogens is 2. The summed E-state index contributed by atoms with van der Waals surface area (Å²) in [4.78, 5) is 70.5. The summed E-state index contributed by atoms with van der Waals surface area (Å²) in [7, 11) is 0. The topological polar surface area (TPSA) is 147 Å². The van der Waals surface area contributed by atoms with E-state index in [0.29, 0.717) is 21.4 Å². The molecule has 44 heavy (non-hydrogen) atoms. The second-order valence-corrected chi connectivity index (χ2v) is 13.8. The van der Waals surface area contributed by atoms with Gasteiger partial charge in [0.05, 0.1) is 16.1 Å². The number of carbonyl (C=O) groups is 3. The van der Waals surface area contributed by atoms with Crippen molar-refractivity contribution in [3.05, 3.63) is 79.8 Å². The van der Waals surface area contributed by atoms with E-state index in [4.69, 9.17) is 18.8 Å². The van der Waals surface area contributed by atoms with Crippen LogP contribution in [-0.2, 0) is 27.5 Å². The predicted molar refractivity (Wildman–Crippen MR) is 174 cm³/mol. The number of carboxylic acid groups (broad SMARTS) is 2. The molecule has 0 radical (unpaired) electrons. The number of thioether (sulfide) groups is 2. The Kier molecular flexibility index (Phi) is 9.00. The lowest BCUT2D eigenvalue weighted by atomic mass is 10.2. The average molecular weight is 688 g/mol. The molecule has 0 spiro atoms. The van der Waals surface area contributed by atoms with Gasteiger partial charge in [0.2, 0.25) is 0 Å². The van der Waals surface area contributed by atoms with Crippen molar-refractivity contribution in [3.8, 4) is 0 Å². The van der Waals surface area contributed by atoms with Gasteiger partial charge in [-0.1, -0.05) is 47.9 Å². The van der Waals surface area contributed by atoms with Gasteiger partial charge >= 0.3 is 11.9 Å². The van der Waals surface area contributed by atoms with Crippen molar-refractivity contribution in [2.24, 2.45) is 0 Å². The predicted octanol–water partition coefficient (Wildman–Crippen LogP) is 2.38. The Balaban J connectivity index is 1.72. The lowest BCUT2D eigenvalue weighted by molar-refractivity contribution is -0.140. The largest absolute Gasteiger partial charge is 0.480 e. The Morgan fingerprint density at radius 2 is 1.66 bits per heavy atom. The van der Waals surface area contributed by atoms with Gasteiger partial charge in [0.15, 0.2) is 5.69 Å². The first kappa shape index (κ1) is 31.5. The number of carbonyl (C=O) groups excluding carboxylic acids is 1. The molecule has 1 saturated heterocycles. The van der Waals surface area contributed by atoms with Crippen molar-refractivity contribution in [1.29, 1.82) is 0 Å². The van der Waals surface area contributed by atoms with Gasteiger partial charge in [-0.3, -0.25) is 38.0 Å². The molecular weight excluding hydrogens is 667 g/mol. The van der Waals surface area contributed by atoms with Crippen LogP contribution in [0.1, 0.15) is 13.8 Å². The summed E-state index contributed by atoms with van der Waals surface area (Å²) < 4.78 is 3.07. The summed E-state index contributed by atoms with van der Waals surface area (Å²) in [5.74, 6) is -3.35. The summed E-state index contributed by atoms with van der Waals surface area (Å²) in [6.07, 6.45) is 3.49. The fraction of sp³-hybridized carbons (Fsp3) is 0.222. The van der Waals surface area contributed by atoms with Gasteiger partial charge < -0.3 is 15.1 Å². The van der Waals surface area contributed by atoms with Crippen LogP contribution >= 0.6 is 58.4 Å². The summed E-state index contributed by atoms with van der Waals surface area (Å²) in [5, 5.41) is 19.6. The molecule has 2 N–H and O–H groups in total. The molecular formula is C27H21N5O7S5. The first-order valence-electron chi connectivity index (χ1n) is 12.8. The number of hydrogen-bond acceptors (Lipinski definition) is 11. The Morgan fingerprint density at radius 3 is 2.30 bits per heavy atom. The second-order valence-electron chi connectivity index (χ2n) is 9.11. The minimum Gasteiger partial charge on any atom is -0.480 e. The fourth-order valence-electron chi connectivity index (χ4n) is 4.54. The zero-order valence-electron chi connectivity index (χ0n) is 22.9. The number of aliphatic carboxylic acids is 2. The van der Waals surface area contributed by atoms with Crippen molar-refractivity contribution in [2.75, 3.05) is 18.0 Å². The highest BCUT2D eigenvalue weighted by molar-refractivity contribution is 8.30. The number of nitrogens with zero attached hydrogens (tertiary/aromatic N) is 5. The number of carboxylic acids is 2. The van der Waals surface area contributed by atoms with Crippen LogP contribution in [-0.4, -0.2) is 59.5 Å². The van der Waals surface area contributed by atoms with Gasteiger partial charge in [0, 0.05) is 23.7 Å². The van der Waals surface area contributed by atoms with Crippen LogP contribution in [0.2, 0.25) is 0 Å². The monoisotopic (exact) mass is 687 g/mol. The van der Waals surface area contributed by atoms with Crippen LogP contribution in [0.4, 0.5) is 11.4 Å². The molecule has 5 rings (SSSR count). The van der Waals surface area contributed by atoms with Gasteiger partial charge in [-0.2, -0.15) is 0 Å². The van der Waals surface area contributed by atoms with E-state index in [1.807, 2.05) is 30.0 Å². The highest BCUT2D eigenvalue weighted by Crippen LogP contribution is 2.47. The van der Waals surface area contributed by atoms with E-state index in [1.54, 1.807) is 19.1 Å². The molecule has 17 heteroatoms. The number of amides is 1. The SMILES string of the molecule is [C-]#[N+]c1ccc2c(c1)N(CC)C(=CC=c1s/c(=c3\s/c(=C4\SC(=S)N(CC(=O)O)C4=O)n(CC(=O)O)c3=O)n(CC)c1=O)S2. The van der Waals surface area contributed by atoms with Crippen LogP contribution in [0.5, 0.6) is 0 Å². The third-order valence-electron chi connectivity index (χ3n) is 6.47. The molecule has 0 saturated carbocycles. The van der Waals surface area contributed by atoms with Crippen LogP contribution in [0, 0.1) is 15.8 Å². The first-order valence-corrected chi connectivity index (χ1v) is 16.5. The lowest BCUT2D eigenvalue weighted by Gasteiger charge is -2.17. The van der Waals surface area contributed by atoms with E-state index >= 15 is 0 Å². The summed E-state index contributed by atoms with van der Waals surface area (Å²) in [5.41, 5.74) is 0.402. The standard InChI is InChI=1S/C27H21N5O7S5/c1-4-29-14-10-13(28-3)6-7-15(14)41-17(29)9-8-16-22(37)30(5-2)25(42-16)20-23(38)31(11-18(33)34)26(43-20)21-24(39)32(12-19(35)36)27(40)44-21/h6-10H,4-5,11-12H2,1-2H3,(H,33,34)(H,35,36)/b16-8?,17-9?,25-20-,26-21-. The smallest absolute Gasteiger partial charge is 0.323 e. The van der Waals surface area contributed by atoms with Crippen LogP contribution in [0.25, 0.3) is 15.8 Å². The summed E-state index contributed by atoms with van der Waals surface area (Å²) in [6.45, 7) is 10.5.